The summed E-state index contributed by atoms with van der Waals surface area (Å²) in [5, 5.41) is 7.66. The highest BCUT2D eigenvalue weighted by atomic mass is 32.1. The van der Waals surface area contributed by atoms with Crippen LogP contribution in [0.3, 0.4) is 0 Å². The number of hydrogen-bond donors (Lipinski definition) is 2. The van der Waals surface area contributed by atoms with E-state index in [1.165, 1.54) is 23.5 Å². The molecule has 0 spiro atoms. The van der Waals surface area contributed by atoms with Crippen LogP contribution < -0.4 is 15.5 Å². The van der Waals surface area contributed by atoms with Crippen molar-refractivity contribution < 1.29 is 14.0 Å². The smallest absolute Gasteiger partial charge is 0.321 e. The highest BCUT2D eigenvalue weighted by Gasteiger charge is 2.22. The molecule has 136 valence electrons. The third kappa shape index (κ3) is 3.65. The van der Waals surface area contributed by atoms with E-state index in [4.69, 9.17) is 0 Å². The first-order valence-electron chi connectivity index (χ1n) is 8.28. The quantitative estimate of drug-likeness (QED) is 0.722. The molecule has 3 aromatic rings. The zero-order chi connectivity index (χ0) is 18.8. The maximum Gasteiger partial charge on any atom is 0.321 e. The van der Waals surface area contributed by atoms with E-state index < -0.39 is 0 Å². The molecule has 0 unspecified atom stereocenters. The summed E-state index contributed by atoms with van der Waals surface area (Å²) in [6, 6.07) is 12.8. The second-order valence-corrected chi connectivity index (χ2v) is 6.79. The topological polar surface area (TPSA) is 74.3 Å². The fourth-order valence-corrected chi connectivity index (χ4v) is 3.53. The van der Waals surface area contributed by atoms with Gasteiger partial charge >= 0.3 is 6.03 Å². The van der Waals surface area contributed by atoms with Crippen molar-refractivity contribution in [3.05, 3.63) is 65.3 Å². The van der Waals surface area contributed by atoms with Gasteiger partial charge in [0, 0.05) is 35.3 Å². The van der Waals surface area contributed by atoms with Crippen molar-refractivity contribution in [3.63, 3.8) is 0 Å². The van der Waals surface area contributed by atoms with E-state index in [0.29, 0.717) is 40.7 Å². The number of benzene rings is 2. The minimum Gasteiger partial charge on any atom is -0.336 e. The number of carbonyl (C=O) groups excluding carboxylic acids is 2. The Morgan fingerprint density at radius 1 is 1.22 bits per heavy atom. The van der Waals surface area contributed by atoms with Crippen LogP contribution in [0.5, 0.6) is 0 Å². The highest BCUT2D eigenvalue weighted by molar-refractivity contribution is 7.14. The molecule has 1 aromatic heterocycles. The molecule has 2 heterocycles. The number of amides is 3. The molecule has 0 saturated carbocycles. The van der Waals surface area contributed by atoms with Gasteiger partial charge in [-0.3, -0.25) is 15.0 Å². The lowest BCUT2D eigenvalue weighted by atomic mass is 10.2. The van der Waals surface area contributed by atoms with Gasteiger partial charge in [-0.2, -0.15) is 0 Å². The van der Waals surface area contributed by atoms with Crippen molar-refractivity contribution in [3.8, 4) is 11.3 Å². The predicted octanol–water partition coefficient (Wildman–Crippen LogP) is 3.73. The van der Waals surface area contributed by atoms with E-state index in [0.717, 1.165) is 0 Å². The van der Waals surface area contributed by atoms with Crippen LogP contribution in [-0.2, 0) is 0 Å². The summed E-state index contributed by atoms with van der Waals surface area (Å²) < 4.78 is 13.4. The zero-order valence-corrected chi connectivity index (χ0v) is 14.9. The Balaban J connectivity index is 1.51. The Hall–Kier alpha value is -3.26. The molecule has 0 aliphatic carbocycles. The summed E-state index contributed by atoms with van der Waals surface area (Å²) in [6.45, 7) is 1.14. The van der Waals surface area contributed by atoms with Gasteiger partial charge in [-0.15, -0.1) is 11.3 Å². The number of aromatic nitrogens is 1. The third-order valence-electron chi connectivity index (χ3n) is 4.12. The van der Waals surface area contributed by atoms with Gasteiger partial charge in [0.2, 0.25) is 0 Å². The standard InChI is InChI=1S/C19H15FN4O2S/c20-14-5-1-3-12(9-14)16-11-27-18(22-16)23-17(25)13-4-2-6-15(10-13)24-8-7-21-19(24)26/h1-6,9-11H,7-8H2,(H,21,26)(H,22,23,25). The molecular formula is C19H15FN4O2S. The number of hydrogen-bond acceptors (Lipinski definition) is 4. The maximum atomic E-state index is 13.4. The predicted molar refractivity (Wildman–Crippen MR) is 103 cm³/mol. The Morgan fingerprint density at radius 3 is 2.85 bits per heavy atom. The highest BCUT2D eigenvalue weighted by Crippen LogP contribution is 2.26. The average Bonchev–Trinajstić information content (AvgIpc) is 3.31. The van der Waals surface area contributed by atoms with E-state index in [9.17, 15) is 14.0 Å². The molecule has 1 aliphatic heterocycles. The fraction of sp³-hybridized carbons (Fsp3) is 0.105. The van der Waals surface area contributed by atoms with Crippen LogP contribution in [0.4, 0.5) is 20.0 Å². The lowest BCUT2D eigenvalue weighted by molar-refractivity contribution is 0.102. The number of nitrogens with one attached hydrogen (secondary N) is 2. The van der Waals surface area contributed by atoms with Gasteiger partial charge in [0.15, 0.2) is 5.13 Å². The summed E-state index contributed by atoms with van der Waals surface area (Å²) in [7, 11) is 0. The van der Waals surface area contributed by atoms with Gasteiger partial charge in [0.25, 0.3) is 5.91 Å². The number of rotatable bonds is 4. The van der Waals surface area contributed by atoms with Gasteiger partial charge in [-0.1, -0.05) is 18.2 Å². The third-order valence-corrected chi connectivity index (χ3v) is 4.88. The number of carbonyl (C=O) groups is 2. The SMILES string of the molecule is O=C(Nc1nc(-c2cccc(F)c2)cs1)c1cccc(N2CCNC2=O)c1. The molecule has 1 saturated heterocycles. The van der Waals surface area contributed by atoms with Crippen LogP contribution in [0.15, 0.2) is 53.9 Å². The second kappa shape index (κ2) is 7.16. The number of urea groups is 1. The molecule has 0 radical (unpaired) electrons. The number of anilines is 2. The lowest BCUT2D eigenvalue weighted by Gasteiger charge is -2.14. The lowest BCUT2D eigenvalue weighted by Crippen LogP contribution is -2.27. The largest absolute Gasteiger partial charge is 0.336 e. The molecule has 1 fully saturated rings. The number of halogens is 1. The van der Waals surface area contributed by atoms with Gasteiger partial charge in [-0.25, -0.2) is 14.2 Å². The summed E-state index contributed by atoms with van der Waals surface area (Å²) in [4.78, 5) is 30.3. The fourth-order valence-electron chi connectivity index (χ4n) is 2.81. The summed E-state index contributed by atoms with van der Waals surface area (Å²) >= 11 is 1.26. The molecule has 2 aromatic carbocycles. The van der Waals surface area contributed by atoms with Crippen LogP contribution >= 0.6 is 11.3 Å². The Bertz CT molecular complexity index is 1020. The van der Waals surface area contributed by atoms with Crippen molar-refractivity contribution in [2.45, 2.75) is 0 Å². The van der Waals surface area contributed by atoms with E-state index in [-0.39, 0.29) is 17.8 Å². The van der Waals surface area contributed by atoms with Crippen molar-refractivity contribution in [2.75, 3.05) is 23.3 Å². The van der Waals surface area contributed by atoms with E-state index in [1.807, 2.05) is 0 Å². The van der Waals surface area contributed by atoms with Crippen molar-refractivity contribution >= 4 is 34.1 Å². The molecule has 1 aliphatic rings. The molecule has 0 atom stereocenters. The van der Waals surface area contributed by atoms with Crippen LogP contribution in [0.1, 0.15) is 10.4 Å². The van der Waals surface area contributed by atoms with Crippen molar-refractivity contribution in [2.24, 2.45) is 0 Å². The van der Waals surface area contributed by atoms with Crippen molar-refractivity contribution in [1.82, 2.24) is 10.3 Å². The number of nitrogens with zero attached hydrogens (tertiary/aromatic N) is 2. The molecule has 4 rings (SSSR count). The molecule has 27 heavy (non-hydrogen) atoms. The second-order valence-electron chi connectivity index (χ2n) is 5.94. The summed E-state index contributed by atoms with van der Waals surface area (Å²) in [5.41, 5.74) is 2.33. The summed E-state index contributed by atoms with van der Waals surface area (Å²) in [6.07, 6.45) is 0. The molecule has 0 bridgehead atoms. The number of thiazole rings is 1. The first kappa shape index (κ1) is 17.2. The van der Waals surface area contributed by atoms with Crippen LogP contribution in [0.25, 0.3) is 11.3 Å². The molecule has 2 N–H and O–H groups in total. The normalized spacial score (nSPS) is 13.5. The zero-order valence-electron chi connectivity index (χ0n) is 14.1. The molecule has 8 heteroatoms. The van der Waals surface area contributed by atoms with Crippen LogP contribution in [-0.4, -0.2) is 30.0 Å². The monoisotopic (exact) mass is 382 g/mol. The summed E-state index contributed by atoms with van der Waals surface area (Å²) in [5.74, 6) is -0.662. The molecular weight excluding hydrogens is 367 g/mol. The van der Waals surface area contributed by atoms with E-state index in [1.54, 1.807) is 46.7 Å². The van der Waals surface area contributed by atoms with Gasteiger partial charge in [0.05, 0.1) is 5.69 Å². The van der Waals surface area contributed by atoms with E-state index in [2.05, 4.69) is 15.6 Å². The Kier molecular flexibility index (Phi) is 4.55. The van der Waals surface area contributed by atoms with Gasteiger partial charge in [-0.05, 0) is 30.3 Å². The average molecular weight is 382 g/mol. The van der Waals surface area contributed by atoms with Crippen molar-refractivity contribution in [1.29, 1.82) is 0 Å². The first-order chi connectivity index (χ1) is 13.1. The molecule has 6 nitrogen and oxygen atoms in total. The first-order valence-corrected chi connectivity index (χ1v) is 9.16. The van der Waals surface area contributed by atoms with Crippen LogP contribution in [0.2, 0.25) is 0 Å². The molecule has 3 amide bonds. The Labute approximate surface area is 158 Å². The van der Waals surface area contributed by atoms with E-state index >= 15 is 0 Å². The van der Waals surface area contributed by atoms with Gasteiger partial charge in [0.1, 0.15) is 5.82 Å². The van der Waals surface area contributed by atoms with Crippen LogP contribution in [0, 0.1) is 5.82 Å². The maximum absolute atomic E-state index is 13.4. The Morgan fingerprint density at radius 2 is 2.07 bits per heavy atom. The minimum absolute atomic E-state index is 0.174. The van der Waals surface area contributed by atoms with Gasteiger partial charge < -0.3 is 5.32 Å². The minimum atomic E-state index is -0.339.